The molecule has 1 aliphatic carbocycles. The van der Waals surface area contributed by atoms with Crippen molar-refractivity contribution in [3.05, 3.63) is 35.9 Å². The van der Waals surface area contributed by atoms with E-state index in [1.165, 1.54) is 5.56 Å². The zero-order valence-electron chi connectivity index (χ0n) is 12.5. The van der Waals surface area contributed by atoms with E-state index in [2.05, 4.69) is 43.4 Å². The molecule has 1 fully saturated rings. The number of amides is 1. The number of rotatable bonds is 5. The summed E-state index contributed by atoms with van der Waals surface area (Å²) in [6, 6.07) is 10.5. The molecule has 1 unspecified atom stereocenters. The molecule has 3 nitrogen and oxygen atoms in total. The number of carbonyl (C=O) groups is 1. The lowest BCUT2D eigenvalue weighted by molar-refractivity contribution is -0.123. The van der Waals surface area contributed by atoms with Gasteiger partial charge < -0.3 is 11.1 Å². The third-order valence-corrected chi connectivity index (χ3v) is 3.99. The Morgan fingerprint density at radius 3 is 2.40 bits per heavy atom. The van der Waals surface area contributed by atoms with E-state index in [9.17, 15) is 4.79 Å². The summed E-state index contributed by atoms with van der Waals surface area (Å²) in [6.45, 7) is 6.47. The Balaban J connectivity index is 0.00000200. The van der Waals surface area contributed by atoms with Crippen LogP contribution in [0.4, 0.5) is 0 Å². The van der Waals surface area contributed by atoms with Gasteiger partial charge in [-0.25, -0.2) is 0 Å². The molecule has 1 atom stereocenters. The molecule has 4 heteroatoms. The molecule has 1 saturated carbocycles. The number of nitrogens with two attached hydrogens (primary N) is 1. The molecule has 0 spiro atoms. The predicted molar refractivity (Wildman–Crippen MR) is 85.1 cm³/mol. The Labute approximate surface area is 127 Å². The number of benzene rings is 1. The van der Waals surface area contributed by atoms with Gasteiger partial charge in [-0.05, 0) is 37.2 Å². The van der Waals surface area contributed by atoms with E-state index in [0.29, 0.717) is 0 Å². The first-order valence-corrected chi connectivity index (χ1v) is 6.99. The second kappa shape index (κ2) is 6.15. The molecule has 2 rings (SSSR count). The topological polar surface area (TPSA) is 55.1 Å². The van der Waals surface area contributed by atoms with Gasteiger partial charge in [0.25, 0.3) is 0 Å². The molecule has 0 heterocycles. The van der Waals surface area contributed by atoms with Crippen LogP contribution in [0.15, 0.2) is 30.3 Å². The van der Waals surface area contributed by atoms with Gasteiger partial charge in [-0.2, -0.15) is 0 Å². The normalized spacial score (nSPS) is 17.8. The Hall–Kier alpha value is -1.06. The smallest absolute Gasteiger partial charge is 0.240 e. The van der Waals surface area contributed by atoms with Crippen LogP contribution in [0.3, 0.4) is 0 Å². The van der Waals surface area contributed by atoms with Gasteiger partial charge in [-0.15, -0.1) is 12.4 Å². The fraction of sp³-hybridized carbons (Fsp3) is 0.562. The van der Waals surface area contributed by atoms with Crippen LogP contribution in [0, 0.1) is 0 Å². The summed E-state index contributed by atoms with van der Waals surface area (Å²) in [4.78, 5) is 11.9. The van der Waals surface area contributed by atoms with Gasteiger partial charge in [0.05, 0.1) is 5.54 Å². The Morgan fingerprint density at radius 1 is 1.35 bits per heavy atom. The summed E-state index contributed by atoms with van der Waals surface area (Å²) < 4.78 is 0. The van der Waals surface area contributed by atoms with Crippen LogP contribution in [-0.4, -0.2) is 17.5 Å². The third kappa shape index (κ3) is 3.97. The van der Waals surface area contributed by atoms with Crippen LogP contribution in [0.5, 0.6) is 0 Å². The zero-order valence-corrected chi connectivity index (χ0v) is 13.3. The highest BCUT2D eigenvalue weighted by molar-refractivity contribution is 5.89. The zero-order chi connectivity index (χ0) is 14.1. The van der Waals surface area contributed by atoms with Crippen LogP contribution in [0.2, 0.25) is 0 Å². The first kappa shape index (κ1) is 17.0. The minimum Gasteiger partial charge on any atom is -0.352 e. The fourth-order valence-electron chi connectivity index (χ4n) is 2.55. The number of halogens is 1. The van der Waals surface area contributed by atoms with Gasteiger partial charge in [0.15, 0.2) is 0 Å². The van der Waals surface area contributed by atoms with E-state index in [1.807, 2.05) is 13.0 Å². The van der Waals surface area contributed by atoms with Crippen molar-refractivity contribution in [3.8, 4) is 0 Å². The van der Waals surface area contributed by atoms with Crippen molar-refractivity contribution in [1.29, 1.82) is 0 Å². The van der Waals surface area contributed by atoms with Gasteiger partial charge >= 0.3 is 0 Å². The molecule has 1 aromatic carbocycles. The van der Waals surface area contributed by atoms with Crippen molar-refractivity contribution in [2.45, 2.75) is 57.0 Å². The number of nitrogens with one attached hydrogen (secondary N) is 1. The SMILES string of the molecule is CC(CC(C)(C)c1ccccc1)NC(=O)C1(N)CC1.Cl. The summed E-state index contributed by atoms with van der Waals surface area (Å²) in [5, 5.41) is 3.04. The molecule has 0 bridgehead atoms. The third-order valence-electron chi connectivity index (χ3n) is 3.99. The van der Waals surface area contributed by atoms with E-state index in [0.717, 1.165) is 19.3 Å². The van der Waals surface area contributed by atoms with Crippen molar-refractivity contribution in [1.82, 2.24) is 5.32 Å². The molecule has 20 heavy (non-hydrogen) atoms. The van der Waals surface area contributed by atoms with Crippen LogP contribution in [-0.2, 0) is 10.2 Å². The van der Waals surface area contributed by atoms with Crippen molar-refractivity contribution < 1.29 is 4.79 Å². The van der Waals surface area contributed by atoms with Crippen LogP contribution in [0.25, 0.3) is 0 Å². The summed E-state index contributed by atoms with van der Waals surface area (Å²) in [5.41, 5.74) is 6.66. The summed E-state index contributed by atoms with van der Waals surface area (Å²) >= 11 is 0. The first-order chi connectivity index (χ1) is 8.83. The van der Waals surface area contributed by atoms with Crippen LogP contribution >= 0.6 is 12.4 Å². The van der Waals surface area contributed by atoms with Crippen molar-refractivity contribution in [3.63, 3.8) is 0 Å². The van der Waals surface area contributed by atoms with E-state index >= 15 is 0 Å². The van der Waals surface area contributed by atoms with Gasteiger partial charge in [0.1, 0.15) is 0 Å². The Morgan fingerprint density at radius 2 is 1.90 bits per heavy atom. The molecule has 1 aromatic rings. The van der Waals surface area contributed by atoms with E-state index in [1.54, 1.807) is 0 Å². The van der Waals surface area contributed by atoms with Gasteiger partial charge in [0, 0.05) is 6.04 Å². The van der Waals surface area contributed by atoms with Crippen molar-refractivity contribution >= 4 is 18.3 Å². The highest BCUT2D eigenvalue weighted by atomic mass is 35.5. The maximum Gasteiger partial charge on any atom is 0.240 e. The number of hydrogen-bond acceptors (Lipinski definition) is 2. The van der Waals surface area contributed by atoms with E-state index in [-0.39, 0.29) is 29.8 Å². The van der Waals surface area contributed by atoms with E-state index < -0.39 is 5.54 Å². The highest BCUT2D eigenvalue weighted by Gasteiger charge is 2.46. The lowest BCUT2D eigenvalue weighted by Gasteiger charge is -2.29. The monoisotopic (exact) mass is 296 g/mol. The second-order valence-corrected chi connectivity index (χ2v) is 6.48. The van der Waals surface area contributed by atoms with Crippen LogP contribution in [0.1, 0.15) is 45.6 Å². The standard InChI is InChI=1S/C16H24N2O.ClH/c1-12(18-14(19)16(17)9-10-16)11-15(2,3)13-7-5-4-6-8-13;/h4-8,12H,9-11,17H2,1-3H3,(H,18,19);1H. The molecule has 0 saturated heterocycles. The van der Waals surface area contributed by atoms with Gasteiger partial charge in [-0.1, -0.05) is 44.2 Å². The highest BCUT2D eigenvalue weighted by Crippen LogP contribution is 2.33. The lowest BCUT2D eigenvalue weighted by Crippen LogP contribution is -2.47. The number of hydrogen-bond donors (Lipinski definition) is 2. The minimum atomic E-state index is -0.578. The average molecular weight is 297 g/mol. The fourth-order valence-corrected chi connectivity index (χ4v) is 2.55. The molecule has 0 aliphatic heterocycles. The molecular formula is C16H25ClN2O. The average Bonchev–Trinajstić information content (AvgIpc) is 3.09. The van der Waals surface area contributed by atoms with Gasteiger partial charge in [0.2, 0.25) is 5.91 Å². The Kier molecular flexibility index (Phi) is 5.22. The molecule has 0 aromatic heterocycles. The summed E-state index contributed by atoms with van der Waals surface area (Å²) in [5.74, 6) is 0.00358. The van der Waals surface area contributed by atoms with Crippen LogP contribution < -0.4 is 11.1 Å². The predicted octanol–water partition coefficient (Wildman–Crippen LogP) is 2.77. The second-order valence-electron chi connectivity index (χ2n) is 6.48. The summed E-state index contributed by atoms with van der Waals surface area (Å²) in [7, 11) is 0. The van der Waals surface area contributed by atoms with E-state index in [4.69, 9.17) is 5.73 Å². The first-order valence-electron chi connectivity index (χ1n) is 6.99. The molecule has 0 radical (unpaired) electrons. The lowest BCUT2D eigenvalue weighted by atomic mass is 9.79. The molecule has 112 valence electrons. The molecule has 3 N–H and O–H groups in total. The molecular weight excluding hydrogens is 272 g/mol. The number of carbonyl (C=O) groups excluding carboxylic acids is 1. The van der Waals surface area contributed by atoms with Crippen molar-refractivity contribution in [2.75, 3.05) is 0 Å². The maximum atomic E-state index is 11.9. The quantitative estimate of drug-likeness (QED) is 0.878. The maximum absolute atomic E-state index is 11.9. The van der Waals surface area contributed by atoms with Gasteiger partial charge in [-0.3, -0.25) is 4.79 Å². The van der Waals surface area contributed by atoms with Crippen molar-refractivity contribution in [2.24, 2.45) is 5.73 Å². The largest absolute Gasteiger partial charge is 0.352 e. The summed E-state index contributed by atoms with van der Waals surface area (Å²) in [6.07, 6.45) is 2.53. The molecule has 1 aliphatic rings. The minimum absolute atomic E-state index is 0. The Bertz CT molecular complexity index is 455. The molecule has 1 amide bonds.